The fourth-order valence-electron chi connectivity index (χ4n) is 0.771. The van der Waals surface area contributed by atoms with Gasteiger partial charge in [-0.1, -0.05) is 0 Å². The number of rotatable bonds is 1. The van der Waals surface area contributed by atoms with Gasteiger partial charge in [0.1, 0.15) is 27.7 Å². The Balaban J connectivity index is 3.41. The fraction of sp³-hybridized carbons (Fsp3) is 0.143. The van der Waals surface area contributed by atoms with E-state index in [1.807, 2.05) is 0 Å². The first-order valence-corrected chi connectivity index (χ1v) is 3.89. The van der Waals surface area contributed by atoms with Gasteiger partial charge in [-0.25, -0.2) is 18.2 Å². The second-order valence-electron chi connectivity index (χ2n) is 2.10. The molecule has 1 aromatic heterocycles. The van der Waals surface area contributed by atoms with Crippen LogP contribution in [0.1, 0.15) is 17.7 Å². The Hall–Kier alpha value is -1.09. The molecule has 0 aromatic carbocycles. The topological polar surface area (TPSA) is 36.7 Å². The third-order valence-corrected chi connectivity index (χ3v) is 1.69. The summed E-state index contributed by atoms with van der Waals surface area (Å²) in [5.41, 5.74) is -1.55. The van der Waals surface area contributed by atoms with Gasteiger partial charge < -0.3 is 0 Å². The zero-order valence-corrected chi connectivity index (χ0v) is 7.65. The lowest BCUT2D eigenvalue weighted by Crippen LogP contribution is -1.99. The van der Waals surface area contributed by atoms with Crippen LogP contribution in [-0.4, -0.2) is 4.98 Å². The molecule has 0 fully saturated rings. The molecule has 0 atom stereocenters. The summed E-state index contributed by atoms with van der Waals surface area (Å²) in [4.78, 5) is 3.31. The SMILES string of the molecule is N#Cc1c(F)cc(Br)nc1C(F)F. The molecular formula is C7H2BrF3N2. The predicted octanol–water partition coefficient (Wildman–Crippen LogP) is 2.79. The van der Waals surface area contributed by atoms with E-state index in [0.29, 0.717) is 0 Å². The molecule has 1 heterocycles. The first-order chi connectivity index (χ1) is 6.06. The highest BCUT2D eigenvalue weighted by atomic mass is 79.9. The summed E-state index contributed by atoms with van der Waals surface area (Å²) in [6.07, 6.45) is -2.96. The van der Waals surface area contributed by atoms with Crippen molar-refractivity contribution >= 4 is 15.9 Å². The second-order valence-corrected chi connectivity index (χ2v) is 2.91. The number of pyridine rings is 1. The number of nitrogens with zero attached hydrogens (tertiary/aromatic N) is 2. The number of hydrogen-bond donors (Lipinski definition) is 0. The van der Waals surface area contributed by atoms with Crippen molar-refractivity contribution in [3.8, 4) is 6.07 Å². The zero-order valence-electron chi connectivity index (χ0n) is 6.06. The van der Waals surface area contributed by atoms with E-state index in [1.165, 1.54) is 6.07 Å². The van der Waals surface area contributed by atoms with Crippen molar-refractivity contribution in [2.75, 3.05) is 0 Å². The molecule has 6 heteroatoms. The number of nitriles is 1. The second kappa shape index (κ2) is 3.75. The Kier molecular flexibility index (Phi) is 2.88. The molecule has 0 N–H and O–H groups in total. The average Bonchev–Trinajstić information content (AvgIpc) is 2.02. The monoisotopic (exact) mass is 250 g/mol. The summed E-state index contributed by atoms with van der Waals surface area (Å²) in [6, 6.07) is 2.20. The first kappa shape index (κ1) is 9.99. The van der Waals surface area contributed by atoms with Gasteiger partial charge in [-0.15, -0.1) is 0 Å². The molecule has 0 aliphatic heterocycles. The minimum Gasteiger partial charge on any atom is -0.238 e. The molecule has 2 nitrogen and oxygen atoms in total. The molecule has 0 aliphatic carbocycles. The van der Waals surface area contributed by atoms with Crippen molar-refractivity contribution in [3.05, 3.63) is 27.7 Å². The van der Waals surface area contributed by atoms with Gasteiger partial charge in [0.2, 0.25) is 0 Å². The average molecular weight is 251 g/mol. The highest BCUT2D eigenvalue weighted by Gasteiger charge is 2.19. The normalized spacial score (nSPS) is 10.2. The van der Waals surface area contributed by atoms with Gasteiger partial charge in [0.05, 0.1) is 0 Å². The molecule has 0 saturated carbocycles. The molecule has 1 rings (SSSR count). The number of aromatic nitrogens is 1. The maximum Gasteiger partial charge on any atom is 0.281 e. The van der Waals surface area contributed by atoms with Crippen LogP contribution in [0.3, 0.4) is 0 Å². The Labute approximate surface area is 80.1 Å². The first-order valence-electron chi connectivity index (χ1n) is 3.10. The Morgan fingerprint density at radius 3 is 2.62 bits per heavy atom. The molecule has 0 unspecified atom stereocenters. The van der Waals surface area contributed by atoms with E-state index < -0.39 is 23.5 Å². The largest absolute Gasteiger partial charge is 0.281 e. The minimum atomic E-state index is -2.96. The van der Waals surface area contributed by atoms with Gasteiger partial charge >= 0.3 is 0 Å². The van der Waals surface area contributed by atoms with E-state index >= 15 is 0 Å². The Morgan fingerprint density at radius 1 is 1.54 bits per heavy atom. The lowest BCUT2D eigenvalue weighted by atomic mass is 10.2. The maximum atomic E-state index is 12.8. The maximum absolute atomic E-state index is 12.8. The smallest absolute Gasteiger partial charge is 0.238 e. The van der Waals surface area contributed by atoms with Crippen LogP contribution in [-0.2, 0) is 0 Å². The van der Waals surface area contributed by atoms with Crippen LogP contribution in [0.15, 0.2) is 10.7 Å². The van der Waals surface area contributed by atoms with E-state index in [0.717, 1.165) is 6.07 Å². The predicted molar refractivity (Wildman–Crippen MR) is 41.6 cm³/mol. The van der Waals surface area contributed by atoms with Crippen LogP contribution >= 0.6 is 15.9 Å². The summed E-state index contributed by atoms with van der Waals surface area (Å²) in [6.45, 7) is 0. The van der Waals surface area contributed by atoms with E-state index in [4.69, 9.17) is 5.26 Å². The van der Waals surface area contributed by atoms with Gasteiger partial charge in [-0.3, -0.25) is 0 Å². The summed E-state index contributed by atoms with van der Waals surface area (Å²) in [5.74, 6) is -1.00. The van der Waals surface area contributed by atoms with Crippen LogP contribution in [0, 0.1) is 17.1 Å². The number of alkyl halides is 2. The molecule has 0 aliphatic rings. The summed E-state index contributed by atoms with van der Waals surface area (Å²) in [7, 11) is 0. The zero-order chi connectivity index (χ0) is 10.0. The van der Waals surface area contributed by atoms with Crippen LogP contribution in [0.25, 0.3) is 0 Å². The fourth-order valence-corrected chi connectivity index (χ4v) is 1.16. The van der Waals surface area contributed by atoms with Crippen molar-refractivity contribution in [1.29, 1.82) is 5.26 Å². The molecule has 0 spiro atoms. The van der Waals surface area contributed by atoms with Gasteiger partial charge in [0, 0.05) is 6.07 Å². The summed E-state index contributed by atoms with van der Waals surface area (Å²) >= 11 is 2.75. The van der Waals surface area contributed by atoms with Crippen molar-refractivity contribution in [3.63, 3.8) is 0 Å². The van der Waals surface area contributed by atoms with Crippen molar-refractivity contribution in [1.82, 2.24) is 4.98 Å². The standard InChI is InChI=1S/C7H2BrF3N2/c8-5-1-4(9)3(2-12)6(13-5)7(10)11/h1,7H. The van der Waals surface area contributed by atoms with E-state index in [1.54, 1.807) is 0 Å². The van der Waals surface area contributed by atoms with Crippen LogP contribution < -0.4 is 0 Å². The molecule has 1 aromatic rings. The van der Waals surface area contributed by atoms with Crippen LogP contribution in [0.2, 0.25) is 0 Å². The quantitative estimate of drug-likeness (QED) is 0.719. The molecule has 0 bridgehead atoms. The van der Waals surface area contributed by atoms with Crippen LogP contribution in [0.4, 0.5) is 13.2 Å². The minimum absolute atomic E-state index is 0.0562. The summed E-state index contributed by atoms with van der Waals surface area (Å²) < 4.78 is 37.1. The highest BCUT2D eigenvalue weighted by Crippen LogP contribution is 2.24. The van der Waals surface area contributed by atoms with Gasteiger partial charge in [0.25, 0.3) is 6.43 Å². The van der Waals surface area contributed by atoms with Crippen molar-refractivity contribution < 1.29 is 13.2 Å². The Morgan fingerprint density at radius 2 is 2.15 bits per heavy atom. The molecule has 0 radical (unpaired) electrons. The van der Waals surface area contributed by atoms with Gasteiger partial charge in [-0.05, 0) is 15.9 Å². The molecular weight excluding hydrogens is 249 g/mol. The lowest BCUT2D eigenvalue weighted by Gasteiger charge is -2.02. The third-order valence-electron chi connectivity index (χ3n) is 1.29. The third kappa shape index (κ3) is 1.98. The van der Waals surface area contributed by atoms with Gasteiger partial charge in [-0.2, -0.15) is 5.26 Å². The highest BCUT2D eigenvalue weighted by molar-refractivity contribution is 9.10. The van der Waals surface area contributed by atoms with E-state index in [-0.39, 0.29) is 4.60 Å². The van der Waals surface area contributed by atoms with Gasteiger partial charge in [0.15, 0.2) is 0 Å². The number of hydrogen-bond acceptors (Lipinski definition) is 2. The Bertz CT molecular complexity index is 373. The molecule has 0 saturated heterocycles. The van der Waals surface area contributed by atoms with Crippen molar-refractivity contribution in [2.24, 2.45) is 0 Å². The summed E-state index contributed by atoms with van der Waals surface area (Å²) in [5, 5.41) is 8.36. The lowest BCUT2D eigenvalue weighted by molar-refractivity contribution is 0.145. The molecule has 0 amide bonds. The van der Waals surface area contributed by atoms with E-state index in [9.17, 15) is 13.2 Å². The van der Waals surface area contributed by atoms with Crippen molar-refractivity contribution in [2.45, 2.75) is 6.43 Å². The molecule has 13 heavy (non-hydrogen) atoms. The van der Waals surface area contributed by atoms with E-state index in [2.05, 4.69) is 20.9 Å². The molecule has 68 valence electrons. The van der Waals surface area contributed by atoms with Crippen LogP contribution in [0.5, 0.6) is 0 Å². The number of halogens is 4.